The normalized spacial score (nSPS) is 19.1. The van der Waals surface area contributed by atoms with Crippen LogP contribution >= 0.6 is 0 Å². The molecule has 0 radical (unpaired) electrons. The highest BCUT2D eigenvalue weighted by Crippen LogP contribution is 2.43. The van der Waals surface area contributed by atoms with Crippen LogP contribution in [0.25, 0.3) is 33.4 Å². The van der Waals surface area contributed by atoms with Crippen molar-refractivity contribution in [1.82, 2.24) is 0 Å². The maximum atomic E-state index is 12.5. The van der Waals surface area contributed by atoms with E-state index in [1.54, 1.807) is 12.1 Å². The lowest BCUT2D eigenvalue weighted by molar-refractivity contribution is -0.141. The van der Waals surface area contributed by atoms with Crippen molar-refractivity contribution in [3.8, 4) is 80.7 Å². The molecule has 1 atom stereocenters. The minimum Gasteiger partial charge on any atom is -0.494 e. The summed E-state index contributed by atoms with van der Waals surface area (Å²) in [4.78, 5) is 24.8. The van der Waals surface area contributed by atoms with Crippen molar-refractivity contribution in [2.24, 2.45) is 41.4 Å². The number of aryl methyl sites for hydroxylation is 2. The fraction of sp³-hybridized carbons (Fsp3) is 0.556. The molecule has 0 spiro atoms. The van der Waals surface area contributed by atoms with Gasteiger partial charge in [0.05, 0.1) is 71.1 Å². The number of unbranched alkanes of at least 4 members (excludes halogenated alkanes) is 18. The molecule has 5 fully saturated rings. The number of carbonyl (C=O) groups excluding carboxylic acids is 2. The molecule has 5 aliphatic rings. The van der Waals surface area contributed by atoms with Crippen molar-refractivity contribution in [1.29, 1.82) is 21.0 Å². The predicted octanol–water partition coefficient (Wildman–Crippen LogP) is 39.5. The van der Waals surface area contributed by atoms with Crippen LogP contribution < -0.4 is 18.9 Å². The van der Waals surface area contributed by atoms with Crippen LogP contribution in [0, 0.1) is 93.7 Å². The Morgan fingerprint density at radius 3 is 0.938 bits per heavy atom. The van der Waals surface area contributed by atoms with Crippen LogP contribution in [0.1, 0.15) is 464 Å². The highest BCUT2D eigenvalue weighted by molar-refractivity contribution is 5.77. The summed E-state index contributed by atoms with van der Waals surface area (Å²) in [6, 6.07) is 80.4. The molecule has 0 saturated heterocycles. The highest BCUT2D eigenvalue weighted by Gasteiger charge is 2.31. The van der Waals surface area contributed by atoms with Gasteiger partial charge in [-0.3, -0.25) is 9.59 Å². The van der Waals surface area contributed by atoms with Gasteiger partial charge in [-0.1, -0.05) is 350 Å². The molecule has 9 aromatic carbocycles. The van der Waals surface area contributed by atoms with E-state index in [-0.39, 0.29) is 29.9 Å². The van der Waals surface area contributed by atoms with Gasteiger partial charge >= 0.3 is 11.9 Å². The largest absolute Gasteiger partial charge is 0.494 e. The predicted molar refractivity (Wildman–Crippen MR) is 607 cm³/mol. The summed E-state index contributed by atoms with van der Waals surface area (Å²) in [5, 5.41) is 35.3. The molecular formula is C135H184N4O6. The van der Waals surface area contributed by atoms with E-state index < -0.39 is 0 Å². The summed E-state index contributed by atoms with van der Waals surface area (Å²) in [6.45, 7) is 23.2. The van der Waals surface area contributed by atoms with Crippen LogP contribution in [0.4, 0.5) is 0 Å². The van der Waals surface area contributed by atoms with Gasteiger partial charge in [0, 0.05) is 0 Å². The molecule has 9 aromatic rings. The molecule has 0 heterocycles. The van der Waals surface area contributed by atoms with E-state index in [1.165, 1.54) is 333 Å². The monoisotopic (exact) mass is 1960 g/mol. The molecule has 145 heavy (non-hydrogen) atoms. The first kappa shape index (κ1) is 118. The molecule has 14 rings (SSSR count). The Balaban J connectivity index is 0.000000197. The number of ether oxygens (including phenoxy) is 4. The number of nitriles is 4. The third-order valence-electron chi connectivity index (χ3n) is 31.8. The zero-order valence-electron chi connectivity index (χ0n) is 91.5. The summed E-state index contributed by atoms with van der Waals surface area (Å²) in [5.74, 6) is 9.70. The first-order chi connectivity index (χ1) is 71.0. The second kappa shape index (κ2) is 70.4. The van der Waals surface area contributed by atoms with Gasteiger partial charge < -0.3 is 18.9 Å². The Labute approximate surface area is 880 Å². The molecule has 1 unspecified atom stereocenters. The molecule has 0 aromatic heterocycles. The topological polar surface area (TPSA) is 166 Å². The summed E-state index contributed by atoms with van der Waals surface area (Å²) in [6.07, 6.45) is 69.0. The van der Waals surface area contributed by atoms with E-state index in [9.17, 15) is 9.59 Å². The van der Waals surface area contributed by atoms with Gasteiger partial charge in [0.1, 0.15) is 23.0 Å². The van der Waals surface area contributed by atoms with Gasteiger partial charge in [-0.05, 0) is 380 Å². The summed E-state index contributed by atoms with van der Waals surface area (Å²) < 4.78 is 22.9. The van der Waals surface area contributed by atoms with Crippen LogP contribution in [-0.4, -0.2) is 24.6 Å². The fourth-order valence-electron chi connectivity index (χ4n) is 22.3. The van der Waals surface area contributed by atoms with Crippen molar-refractivity contribution in [3.63, 3.8) is 0 Å². The van der Waals surface area contributed by atoms with Crippen LogP contribution in [0.3, 0.4) is 0 Å². The quantitative estimate of drug-likeness (QED) is 0.0203. The molecule has 10 heteroatoms. The first-order valence-electron chi connectivity index (χ1n) is 58.3. The van der Waals surface area contributed by atoms with Crippen LogP contribution in [-0.2, 0) is 16.0 Å². The number of esters is 2. The van der Waals surface area contributed by atoms with Gasteiger partial charge in [-0.25, -0.2) is 0 Å². The van der Waals surface area contributed by atoms with E-state index in [0.29, 0.717) is 17.1 Å². The molecule has 0 aliphatic heterocycles. The molecule has 780 valence electrons. The van der Waals surface area contributed by atoms with Gasteiger partial charge in [0.25, 0.3) is 0 Å². The lowest BCUT2D eigenvalue weighted by Crippen LogP contribution is -2.25. The van der Waals surface area contributed by atoms with Crippen LogP contribution in [0.15, 0.2) is 212 Å². The first-order valence-corrected chi connectivity index (χ1v) is 58.3. The molecule has 5 saturated carbocycles. The van der Waals surface area contributed by atoms with Gasteiger partial charge in [0.2, 0.25) is 0 Å². The molecule has 0 bridgehead atoms. The Morgan fingerprint density at radius 2 is 0.566 bits per heavy atom. The van der Waals surface area contributed by atoms with Crippen molar-refractivity contribution in [2.45, 2.75) is 433 Å². The van der Waals surface area contributed by atoms with E-state index in [0.717, 1.165) is 151 Å². The lowest BCUT2D eigenvalue weighted by Gasteiger charge is -2.29. The Morgan fingerprint density at radius 1 is 0.283 bits per heavy atom. The lowest BCUT2D eigenvalue weighted by atomic mass is 9.77. The minimum absolute atomic E-state index is 0.0427. The Kier molecular flexibility index (Phi) is 57.3. The van der Waals surface area contributed by atoms with E-state index in [1.807, 2.05) is 97.1 Å². The van der Waals surface area contributed by atoms with Gasteiger partial charge in [-0.2, -0.15) is 21.0 Å². The van der Waals surface area contributed by atoms with E-state index in [2.05, 4.69) is 197 Å². The van der Waals surface area contributed by atoms with Crippen LogP contribution in [0.5, 0.6) is 23.0 Å². The molecule has 0 N–H and O–H groups in total. The average molecular weight is 1960 g/mol. The van der Waals surface area contributed by atoms with Crippen molar-refractivity contribution in [3.05, 3.63) is 262 Å². The van der Waals surface area contributed by atoms with Crippen molar-refractivity contribution >= 4 is 11.9 Å². The van der Waals surface area contributed by atoms with E-state index in [4.69, 9.17) is 40.0 Å². The number of hydrogen-bond acceptors (Lipinski definition) is 10. The second-order valence-electron chi connectivity index (χ2n) is 43.2. The molecular weight excluding hydrogens is 1770 g/mol. The maximum absolute atomic E-state index is 12.5. The van der Waals surface area contributed by atoms with E-state index >= 15 is 0 Å². The standard InChI is InChI=1S/C36H50O.C24H27NO2.C21H32O3.C20H29N.C18H25N.C16H21N/c1-5-7-9-10-11-12-13-15-17-31-18-23-35(28-29(31)3)34-21-19-32(20-22-34)33-24-26-36(27-25-33)37-30(4)16-14-8-6-2;1-2-3-4-18-5-11-22(12-6-18)24(26)27-23-15-13-21(14-16-23)20-9-7-19(17-25)8-10-20;1-3-5-7-17-8-10-18(11-9-17)21(22)24-20-14-12-19(13-15-20)23-16-6-4-2;1-2-3-4-5-6-7-17-8-12-19(13-9-17)20-14-10-18(16-21)11-15-20;1-2-3-4-5-15-6-10-17(11-7-15)18-12-8-16(14-19)9-13-18;1-2-3-13-4-8-15(9-5-13)16-10-6-14(12-17)7-11-16/h18-28,30H,5-17H2,1-4H3;7-10,13-16,18,22H,2-6,11-12H2,1H3;12-15,17-18H,3-11,16H2,1-2H3;10-11,14-15,17,19H,2-9,12-13H2,1H3;8-9,12-13,15,17H,2-7,10-11H2,1H3;6-7,10-11,13,15H,2-5,8-9H2,1H3. The Hall–Kier alpha value is -10.5. The maximum Gasteiger partial charge on any atom is 0.314 e. The number of carbonyl (C=O) groups is 2. The number of benzene rings is 9. The molecule has 0 amide bonds. The van der Waals surface area contributed by atoms with Crippen molar-refractivity contribution in [2.75, 3.05) is 6.61 Å². The van der Waals surface area contributed by atoms with Gasteiger partial charge in [0.15, 0.2) is 0 Å². The summed E-state index contributed by atoms with van der Waals surface area (Å²) >= 11 is 0. The second-order valence-corrected chi connectivity index (χ2v) is 43.2. The zero-order chi connectivity index (χ0) is 103. The molecule has 10 nitrogen and oxygen atoms in total. The number of nitrogens with zero attached hydrogens (tertiary/aromatic N) is 4. The van der Waals surface area contributed by atoms with Crippen molar-refractivity contribution < 1.29 is 28.5 Å². The average Bonchev–Trinajstić information content (AvgIpc) is 0.820. The Bertz CT molecular complexity index is 5130. The highest BCUT2D eigenvalue weighted by atomic mass is 16.5. The van der Waals surface area contributed by atoms with Gasteiger partial charge in [-0.15, -0.1) is 0 Å². The smallest absolute Gasteiger partial charge is 0.314 e. The zero-order valence-corrected chi connectivity index (χ0v) is 91.5. The summed E-state index contributed by atoms with van der Waals surface area (Å²) in [5.41, 5.74) is 17.4. The SMILES string of the molecule is CCCC1CCC(c2ccc(C#N)cc2)CC1.CCCCC1CCC(C(=O)Oc2ccc(-c3ccc(C#N)cc3)cc2)CC1.CCCCCC1CCC(c2ccc(C#N)cc2)CC1.CCCCCCCC1CCC(c2ccc(C#N)cc2)CC1.CCCCCCCCCCc1ccc(-c2ccc(-c3ccc(OC(C)CCCCC)cc3)cc2)cc1C.CCCCOc1ccc(OC(=O)C2CCC(CCCC)CC2)cc1. The number of rotatable bonds is 47. The third-order valence-corrected chi connectivity index (χ3v) is 31.8. The minimum atomic E-state index is -0.0879. The fourth-order valence-corrected chi connectivity index (χ4v) is 22.3. The third kappa shape index (κ3) is 44.6. The molecule has 5 aliphatic carbocycles. The van der Waals surface area contributed by atoms with Crippen LogP contribution in [0.2, 0.25) is 0 Å². The number of hydrogen-bond donors (Lipinski definition) is 0. The summed E-state index contributed by atoms with van der Waals surface area (Å²) in [7, 11) is 0.